The molecule has 0 aromatic heterocycles. The molecule has 0 bridgehead atoms. The molecule has 0 N–H and O–H groups in total. The van der Waals surface area contributed by atoms with Crippen molar-refractivity contribution in [1.29, 1.82) is 0 Å². The van der Waals surface area contributed by atoms with E-state index in [0.29, 0.717) is 0 Å². The molecule has 6 rings (SSSR count). The lowest BCUT2D eigenvalue weighted by atomic mass is 10.1. The van der Waals surface area contributed by atoms with E-state index in [0.717, 1.165) is 40.5 Å². The molecule has 208 valence electrons. The molecule has 0 amide bonds. The Morgan fingerprint density at radius 1 is 0.302 bits per heavy atom. The first-order valence-corrected chi connectivity index (χ1v) is 14.7. The van der Waals surface area contributed by atoms with E-state index in [-0.39, 0.29) is 0 Å². The fraction of sp³-hybridized carbons (Fsp3) is 0.0244. The van der Waals surface area contributed by atoms with Gasteiger partial charge in [-0.05, 0) is 90.3 Å². The number of allylic oxidation sites excluding steroid dienone is 2. The van der Waals surface area contributed by atoms with E-state index in [9.17, 15) is 0 Å². The molecule has 0 aliphatic heterocycles. The second-order valence-electron chi connectivity index (χ2n) is 10.2. The quantitative estimate of drug-likeness (QED) is 0.166. The third-order valence-electron chi connectivity index (χ3n) is 7.25. The molecule has 6 aromatic carbocycles. The molecule has 0 saturated carbocycles. The van der Waals surface area contributed by atoms with Gasteiger partial charge in [0.2, 0.25) is 0 Å². The summed E-state index contributed by atoms with van der Waals surface area (Å²) in [6.45, 7) is 0. The molecule has 2 heteroatoms. The zero-order chi connectivity index (χ0) is 29.1. The summed E-state index contributed by atoms with van der Waals surface area (Å²) in [6.07, 6.45) is 9.65. The number of anilines is 6. The van der Waals surface area contributed by atoms with E-state index in [1.165, 1.54) is 11.1 Å². The van der Waals surface area contributed by atoms with Gasteiger partial charge in [-0.1, -0.05) is 121 Å². The van der Waals surface area contributed by atoms with Crippen LogP contribution in [-0.4, -0.2) is 0 Å². The first-order chi connectivity index (χ1) is 21.3. The summed E-state index contributed by atoms with van der Waals surface area (Å²) in [5.41, 5.74) is 9.21. The van der Waals surface area contributed by atoms with Crippen molar-refractivity contribution >= 4 is 46.3 Å². The number of para-hydroxylation sites is 4. The van der Waals surface area contributed by atoms with Crippen molar-refractivity contribution in [3.63, 3.8) is 0 Å². The molecule has 0 saturated heterocycles. The maximum Gasteiger partial charge on any atom is 0.0462 e. The van der Waals surface area contributed by atoms with Gasteiger partial charge in [0.25, 0.3) is 0 Å². The van der Waals surface area contributed by atoms with E-state index < -0.39 is 0 Å². The van der Waals surface area contributed by atoms with Crippen molar-refractivity contribution in [3.8, 4) is 0 Å². The van der Waals surface area contributed by atoms with Gasteiger partial charge in [0.1, 0.15) is 0 Å². The van der Waals surface area contributed by atoms with Gasteiger partial charge in [0.15, 0.2) is 0 Å². The molecular formula is C41H34N2. The topological polar surface area (TPSA) is 6.48 Å². The first kappa shape index (κ1) is 27.6. The Balaban J connectivity index is 1.10. The maximum absolute atomic E-state index is 2.28. The fourth-order valence-corrected chi connectivity index (χ4v) is 5.16. The summed E-state index contributed by atoms with van der Waals surface area (Å²) < 4.78 is 0. The van der Waals surface area contributed by atoms with Crippen LogP contribution in [0.2, 0.25) is 0 Å². The molecule has 0 atom stereocenters. The highest BCUT2D eigenvalue weighted by Crippen LogP contribution is 2.35. The molecule has 6 aromatic rings. The Morgan fingerprint density at radius 2 is 0.558 bits per heavy atom. The van der Waals surface area contributed by atoms with Crippen molar-refractivity contribution in [1.82, 2.24) is 0 Å². The number of rotatable bonds is 10. The van der Waals surface area contributed by atoms with Gasteiger partial charge in [-0.25, -0.2) is 0 Å². The predicted octanol–water partition coefficient (Wildman–Crippen LogP) is 11.7. The Hall–Kier alpha value is -5.60. The highest BCUT2D eigenvalue weighted by atomic mass is 15.1. The zero-order valence-corrected chi connectivity index (χ0v) is 24.1. The van der Waals surface area contributed by atoms with Crippen LogP contribution in [0.15, 0.2) is 182 Å². The lowest BCUT2D eigenvalue weighted by Gasteiger charge is -2.25. The van der Waals surface area contributed by atoms with E-state index in [2.05, 4.69) is 204 Å². The summed E-state index contributed by atoms with van der Waals surface area (Å²) in [7, 11) is 0. The Bertz CT molecular complexity index is 1530. The SMILES string of the molecule is C(=C\c1ccc(N(c2ccccc2)c2ccccc2)cc1)/C/C=C/c1ccc(N(c2ccccc2)c2ccccc2)cc1. The lowest BCUT2D eigenvalue weighted by Crippen LogP contribution is -2.09. The normalized spacial score (nSPS) is 11.2. The molecule has 0 aliphatic carbocycles. The minimum atomic E-state index is 0.865. The van der Waals surface area contributed by atoms with Crippen LogP contribution in [0.1, 0.15) is 17.5 Å². The molecule has 0 unspecified atom stereocenters. The molecule has 43 heavy (non-hydrogen) atoms. The summed E-state index contributed by atoms with van der Waals surface area (Å²) in [4.78, 5) is 4.56. The molecule has 0 heterocycles. The fourth-order valence-electron chi connectivity index (χ4n) is 5.16. The highest BCUT2D eigenvalue weighted by Gasteiger charge is 2.12. The van der Waals surface area contributed by atoms with Crippen molar-refractivity contribution in [3.05, 3.63) is 193 Å². The van der Waals surface area contributed by atoms with Crippen molar-refractivity contribution in [2.75, 3.05) is 9.80 Å². The average molecular weight is 555 g/mol. The largest absolute Gasteiger partial charge is 0.311 e. The van der Waals surface area contributed by atoms with Crippen LogP contribution in [-0.2, 0) is 0 Å². The van der Waals surface area contributed by atoms with Gasteiger partial charge in [0, 0.05) is 34.1 Å². The molecule has 0 radical (unpaired) electrons. The first-order valence-electron chi connectivity index (χ1n) is 14.7. The number of nitrogens with zero attached hydrogens (tertiary/aromatic N) is 2. The minimum absolute atomic E-state index is 0.865. The molecular weight excluding hydrogens is 520 g/mol. The Morgan fingerprint density at radius 3 is 0.837 bits per heavy atom. The number of hydrogen-bond donors (Lipinski definition) is 0. The summed E-state index contributed by atoms with van der Waals surface area (Å²) in [5.74, 6) is 0. The molecule has 2 nitrogen and oxygen atoms in total. The third-order valence-corrected chi connectivity index (χ3v) is 7.25. The number of hydrogen-bond acceptors (Lipinski definition) is 2. The highest BCUT2D eigenvalue weighted by molar-refractivity contribution is 5.78. The van der Waals surface area contributed by atoms with E-state index in [4.69, 9.17) is 0 Å². The van der Waals surface area contributed by atoms with Crippen molar-refractivity contribution in [2.24, 2.45) is 0 Å². The average Bonchev–Trinajstić information content (AvgIpc) is 3.08. The van der Waals surface area contributed by atoms with Gasteiger partial charge >= 0.3 is 0 Å². The van der Waals surface area contributed by atoms with Crippen LogP contribution in [0.3, 0.4) is 0 Å². The monoisotopic (exact) mass is 554 g/mol. The molecule has 0 fully saturated rings. The van der Waals surface area contributed by atoms with E-state index in [1.807, 2.05) is 0 Å². The van der Waals surface area contributed by atoms with Gasteiger partial charge in [-0.15, -0.1) is 0 Å². The van der Waals surface area contributed by atoms with Gasteiger partial charge in [-0.2, -0.15) is 0 Å². The van der Waals surface area contributed by atoms with Crippen LogP contribution in [0.4, 0.5) is 34.1 Å². The number of benzene rings is 6. The third kappa shape index (κ3) is 7.01. The van der Waals surface area contributed by atoms with Gasteiger partial charge in [0.05, 0.1) is 0 Å². The van der Waals surface area contributed by atoms with Crippen LogP contribution in [0.5, 0.6) is 0 Å². The summed E-state index contributed by atoms with van der Waals surface area (Å²) in [6, 6.07) is 59.4. The van der Waals surface area contributed by atoms with Crippen LogP contribution in [0, 0.1) is 0 Å². The van der Waals surface area contributed by atoms with Gasteiger partial charge < -0.3 is 9.80 Å². The van der Waals surface area contributed by atoms with Crippen LogP contribution < -0.4 is 9.80 Å². The molecule has 0 spiro atoms. The summed E-state index contributed by atoms with van der Waals surface area (Å²) in [5, 5.41) is 0. The smallest absolute Gasteiger partial charge is 0.0462 e. The summed E-state index contributed by atoms with van der Waals surface area (Å²) >= 11 is 0. The van der Waals surface area contributed by atoms with Crippen LogP contribution >= 0.6 is 0 Å². The van der Waals surface area contributed by atoms with Crippen molar-refractivity contribution in [2.45, 2.75) is 6.42 Å². The van der Waals surface area contributed by atoms with E-state index >= 15 is 0 Å². The van der Waals surface area contributed by atoms with Gasteiger partial charge in [-0.3, -0.25) is 0 Å². The lowest BCUT2D eigenvalue weighted by molar-refractivity contribution is 1.28. The van der Waals surface area contributed by atoms with Crippen molar-refractivity contribution < 1.29 is 0 Å². The second-order valence-corrected chi connectivity index (χ2v) is 10.2. The van der Waals surface area contributed by atoms with E-state index in [1.54, 1.807) is 0 Å². The second kappa shape index (κ2) is 13.8. The zero-order valence-electron chi connectivity index (χ0n) is 24.1. The maximum atomic E-state index is 2.28. The molecule has 0 aliphatic rings. The standard InChI is InChI=1S/C41H34N2/c1(6-16-34-26-30-40(31-27-34)42(36-18-8-2-9-19-36)37-20-10-3-11-21-37)7-17-35-28-32-41(33-29-35)43(38-22-12-4-13-23-38)39-24-14-5-15-25-39/h2-33H,1H2/b16-6+,17-7+. The Kier molecular flexibility index (Phi) is 8.87. The Labute approximate surface area is 255 Å². The van der Waals surface area contributed by atoms with Crippen LogP contribution in [0.25, 0.3) is 12.2 Å². The predicted molar refractivity (Wildman–Crippen MR) is 185 cm³/mol. The minimum Gasteiger partial charge on any atom is -0.311 e.